The van der Waals surface area contributed by atoms with Crippen LogP contribution in [0.15, 0.2) is 43.0 Å². The molecule has 0 atom stereocenters. The molecule has 1 amide bonds. The molecule has 0 spiro atoms. The van der Waals surface area contributed by atoms with Crippen LogP contribution in [0.4, 0.5) is 5.82 Å². The van der Waals surface area contributed by atoms with Gasteiger partial charge in [-0.15, -0.1) is 0 Å². The van der Waals surface area contributed by atoms with Crippen molar-refractivity contribution >= 4 is 28.1 Å². The average Bonchev–Trinajstić information content (AvgIpc) is 3.36. The summed E-state index contributed by atoms with van der Waals surface area (Å²) >= 11 is 0. The first-order chi connectivity index (χ1) is 15.0. The number of nitrogens with zero attached hydrogens (tertiary/aromatic N) is 6. The van der Waals surface area contributed by atoms with Crippen molar-refractivity contribution < 1.29 is 4.79 Å². The molecule has 8 heteroatoms. The number of hydrogen-bond donors (Lipinski definition) is 1. The Morgan fingerprint density at radius 1 is 1.16 bits per heavy atom. The lowest BCUT2D eigenvalue weighted by molar-refractivity contribution is -0.129. The Morgan fingerprint density at radius 2 is 1.90 bits per heavy atom. The number of piperidine rings is 1. The maximum atomic E-state index is 11.6. The number of carbonyl (C=O) groups is 1. The van der Waals surface area contributed by atoms with Gasteiger partial charge in [-0.25, -0.2) is 4.52 Å². The van der Waals surface area contributed by atoms with Crippen LogP contribution in [0.3, 0.4) is 0 Å². The van der Waals surface area contributed by atoms with Gasteiger partial charge in [-0.2, -0.15) is 10.2 Å². The van der Waals surface area contributed by atoms with Crippen molar-refractivity contribution in [3.8, 4) is 11.1 Å². The van der Waals surface area contributed by atoms with Gasteiger partial charge >= 0.3 is 0 Å². The fourth-order valence-corrected chi connectivity index (χ4v) is 4.38. The topological polar surface area (TPSA) is 80.4 Å². The maximum absolute atomic E-state index is 11.6. The van der Waals surface area contributed by atoms with Gasteiger partial charge in [0.2, 0.25) is 5.91 Å². The summed E-state index contributed by atoms with van der Waals surface area (Å²) in [7, 11) is 0. The minimum atomic E-state index is 0.151. The van der Waals surface area contributed by atoms with Gasteiger partial charge in [0.15, 0.2) is 5.82 Å². The van der Waals surface area contributed by atoms with Gasteiger partial charge in [0, 0.05) is 56.3 Å². The molecule has 160 valence electrons. The van der Waals surface area contributed by atoms with Gasteiger partial charge < -0.3 is 10.2 Å². The number of anilines is 1. The lowest BCUT2D eigenvalue weighted by Gasteiger charge is -2.31. The number of likely N-dealkylation sites (tertiary alicyclic amines) is 1. The molecule has 1 aliphatic heterocycles. The van der Waals surface area contributed by atoms with E-state index in [-0.39, 0.29) is 11.9 Å². The molecule has 1 aliphatic rings. The van der Waals surface area contributed by atoms with Crippen LogP contribution >= 0.6 is 0 Å². The molecule has 5 rings (SSSR count). The largest absolute Gasteiger partial charge is 0.365 e. The molecule has 0 aliphatic carbocycles. The number of pyridine rings is 1. The quantitative estimate of drug-likeness (QED) is 0.547. The first kappa shape index (κ1) is 19.5. The molecular formula is C23H27N7O. The molecule has 5 heterocycles. The third kappa shape index (κ3) is 3.52. The molecule has 1 N–H and O–H groups in total. The zero-order chi connectivity index (χ0) is 21.5. The highest BCUT2D eigenvalue weighted by atomic mass is 16.2. The van der Waals surface area contributed by atoms with Crippen LogP contribution in [0.5, 0.6) is 0 Å². The molecule has 0 bridgehead atoms. The van der Waals surface area contributed by atoms with Gasteiger partial charge in [-0.3, -0.25) is 14.5 Å². The maximum Gasteiger partial charge on any atom is 0.219 e. The fraction of sp³-hybridized carbons (Fsp3) is 0.391. The number of amides is 1. The third-order valence-electron chi connectivity index (χ3n) is 6.09. The van der Waals surface area contributed by atoms with E-state index < -0.39 is 0 Å². The Morgan fingerprint density at radius 3 is 2.58 bits per heavy atom. The summed E-state index contributed by atoms with van der Waals surface area (Å²) in [5.41, 5.74) is 4.32. The van der Waals surface area contributed by atoms with Crippen molar-refractivity contribution in [1.29, 1.82) is 0 Å². The van der Waals surface area contributed by atoms with E-state index in [4.69, 9.17) is 5.10 Å². The Bertz CT molecular complexity index is 1230. The molecule has 0 unspecified atom stereocenters. The second-order valence-corrected chi connectivity index (χ2v) is 8.51. The SMILES string of the molecule is CC(=O)N1CCC(Nc2nn(C(C)C)c3c2cnn2cc(-c4ccncc4)cc32)CC1. The minimum absolute atomic E-state index is 0.151. The highest BCUT2D eigenvalue weighted by Gasteiger charge is 2.24. The summed E-state index contributed by atoms with van der Waals surface area (Å²) in [5.74, 6) is 1.02. The van der Waals surface area contributed by atoms with Crippen LogP contribution in [0.25, 0.3) is 27.5 Å². The Balaban J connectivity index is 1.54. The first-order valence-electron chi connectivity index (χ1n) is 10.8. The van der Waals surface area contributed by atoms with Crippen molar-refractivity contribution in [3.05, 3.63) is 43.0 Å². The summed E-state index contributed by atoms with van der Waals surface area (Å²) in [4.78, 5) is 17.7. The van der Waals surface area contributed by atoms with Gasteiger partial charge in [0.05, 0.1) is 22.6 Å². The normalized spacial score (nSPS) is 15.3. The van der Waals surface area contributed by atoms with Gasteiger partial charge in [-0.05, 0) is 50.5 Å². The molecule has 4 aromatic heterocycles. The fourth-order valence-electron chi connectivity index (χ4n) is 4.38. The molecule has 0 saturated carbocycles. The van der Waals surface area contributed by atoms with Crippen LogP contribution in [0.1, 0.15) is 39.7 Å². The molecule has 31 heavy (non-hydrogen) atoms. The van der Waals surface area contributed by atoms with Gasteiger partial charge in [0.1, 0.15) is 0 Å². The van der Waals surface area contributed by atoms with Crippen LogP contribution in [0, 0.1) is 0 Å². The van der Waals surface area contributed by atoms with Crippen LogP contribution in [0.2, 0.25) is 0 Å². The van der Waals surface area contributed by atoms with E-state index in [1.807, 2.05) is 33.9 Å². The van der Waals surface area contributed by atoms with Gasteiger partial charge in [0.25, 0.3) is 0 Å². The van der Waals surface area contributed by atoms with E-state index in [0.717, 1.165) is 59.3 Å². The lowest BCUT2D eigenvalue weighted by atomic mass is 10.0. The van der Waals surface area contributed by atoms with E-state index in [0.29, 0.717) is 6.04 Å². The molecule has 0 radical (unpaired) electrons. The highest BCUT2D eigenvalue weighted by Crippen LogP contribution is 2.32. The number of rotatable bonds is 4. The molecule has 4 aromatic rings. The number of nitrogens with one attached hydrogen (secondary N) is 1. The minimum Gasteiger partial charge on any atom is -0.365 e. The van der Waals surface area contributed by atoms with Crippen molar-refractivity contribution in [1.82, 2.24) is 29.3 Å². The van der Waals surface area contributed by atoms with E-state index >= 15 is 0 Å². The van der Waals surface area contributed by atoms with Crippen molar-refractivity contribution in [2.24, 2.45) is 0 Å². The molecule has 0 aromatic carbocycles. The van der Waals surface area contributed by atoms with Gasteiger partial charge in [-0.1, -0.05) is 0 Å². The molecular weight excluding hydrogens is 390 g/mol. The first-order valence-corrected chi connectivity index (χ1v) is 10.8. The molecule has 8 nitrogen and oxygen atoms in total. The Kier molecular flexibility index (Phi) is 4.84. The predicted molar refractivity (Wildman–Crippen MR) is 121 cm³/mol. The summed E-state index contributed by atoms with van der Waals surface area (Å²) < 4.78 is 4.00. The smallest absolute Gasteiger partial charge is 0.219 e. The van der Waals surface area contributed by atoms with E-state index in [9.17, 15) is 4.79 Å². The summed E-state index contributed by atoms with van der Waals surface area (Å²) in [6.45, 7) is 7.50. The second-order valence-electron chi connectivity index (χ2n) is 8.51. The summed E-state index contributed by atoms with van der Waals surface area (Å²) in [6, 6.07) is 6.69. The number of fused-ring (bicyclic) bond motifs is 3. The van der Waals surface area contributed by atoms with E-state index in [2.05, 4.69) is 40.0 Å². The number of aromatic nitrogens is 5. The average molecular weight is 418 g/mol. The van der Waals surface area contributed by atoms with Crippen molar-refractivity contribution in [2.75, 3.05) is 18.4 Å². The van der Waals surface area contributed by atoms with Crippen LogP contribution in [-0.2, 0) is 4.79 Å². The second kappa shape index (κ2) is 7.68. The number of carbonyl (C=O) groups excluding carboxylic acids is 1. The van der Waals surface area contributed by atoms with Crippen molar-refractivity contribution in [3.63, 3.8) is 0 Å². The zero-order valence-corrected chi connectivity index (χ0v) is 18.1. The summed E-state index contributed by atoms with van der Waals surface area (Å²) in [6.07, 6.45) is 9.39. The predicted octanol–water partition coefficient (Wildman–Crippen LogP) is 3.75. The molecule has 1 fully saturated rings. The molecule has 1 saturated heterocycles. The zero-order valence-electron chi connectivity index (χ0n) is 18.1. The third-order valence-corrected chi connectivity index (χ3v) is 6.09. The van der Waals surface area contributed by atoms with Crippen molar-refractivity contribution in [2.45, 2.75) is 45.7 Å². The standard InChI is InChI=1S/C23H27N7O/c1-15(2)30-22-20(23(27-30)26-19-6-10-28(11-7-19)16(3)31)13-25-29-14-18(12-21(22)29)17-4-8-24-9-5-17/h4-5,8-9,12-15,19H,6-7,10-11H2,1-3H3,(H,26,27). The number of hydrogen-bond acceptors (Lipinski definition) is 5. The van der Waals surface area contributed by atoms with Crippen LogP contribution < -0.4 is 5.32 Å². The monoisotopic (exact) mass is 417 g/mol. The van der Waals surface area contributed by atoms with E-state index in [1.165, 1.54) is 0 Å². The van der Waals surface area contributed by atoms with Crippen LogP contribution in [-0.4, -0.2) is 54.3 Å². The Hall–Kier alpha value is -3.42. The summed E-state index contributed by atoms with van der Waals surface area (Å²) in [5, 5.41) is 14.3. The van der Waals surface area contributed by atoms with E-state index in [1.54, 1.807) is 19.3 Å². The lowest BCUT2D eigenvalue weighted by Crippen LogP contribution is -2.41. The Labute approximate surface area is 180 Å². The highest BCUT2D eigenvalue weighted by molar-refractivity contribution is 6.00.